The maximum absolute atomic E-state index is 5.85. The highest BCUT2D eigenvalue weighted by Gasteiger charge is 2.28. The van der Waals surface area contributed by atoms with Crippen molar-refractivity contribution >= 4 is 5.95 Å². The molecule has 8 nitrogen and oxygen atoms in total. The van der Waals surface area contributed by atoms with Crippen molar-refractivity contribution in [3.8, 4) is 22.6 Å². The molecule has 3 heterocycles. The zero-order chi connectivity index (χ0) is 23.4. The molecule has 0 radical (unpaired) electrons. The monoisotopic (exact) mass is 448 g/mol. The lowest BCUT2D eigenvalue weighted by Gasteiger charge is -2.20. The quantitative estimate of drug-likeness (QED) is 0.515. The van der Waals surface area contributed by atoms with Crippen molar-refractivity contribution in [2.45, 2.75) is 38.8 Å². The lowest BCUT2D eigenvalue weighted by atomic mass is 9.97. The van der Waals surface area contributed by atoms with Crippen LogP contribution in [-0.4, -0.2) is 65.2 Å². The van der Waals surface area contributed by atoms with E-state index in [1.54, 1.807) is 13.4 Å². The number of anilines is 1. The molecule has 0 unspecified atom stereocenters. The first-order valence-corrected chi connectivity index (χ1v) is 11.3. The summed E-state index contributed by atoms with van der Waals surface area (Å²) >= 11 is 0. The first-order valence-electron chi connectivity index (χ1n) is 11.3. The van der Waals surface area contributed by atoms with Crippen LogP contribution in [0.1, 0.15) is 37.4 Å². The summed E-state index contributed by atoms with van der Waals surface area (Å²) in [6.45, 7) is 6.81. The van der Waals surface area contributed by atoms with E-state index < -0.39 is 0 Å². The second-order valence-corrected chi connectivity index (χ2v) is 8.86. The fourth-order valence-corrected chi connectivity index (χ4v) is 4.19. The van der Waals surface area contributed by atoms with Gasteiger partial charge in [-0.15, -0.1) is 0 Å². The lowest BCUT2D eigenvalue weighted by molar-refractivity contribution is 0.229. The number of likely N-dealkylation sites (tertiary alicyclic amines) is 1. The van der Waals surface area contributed by atoms with E-state index in [0.717, 1.165) is 60.3 Å². The summed E-state index contributed by atoms with van der Waals surface area (Å²) in [4.78, 5) is 22.3. The summed E-state index contributed by atoms with van der Waals surface area (Å²) in [5.74, 6) is 2.58. The van der Waals surface area contributed by atoms with Crippen molar-refractivity contribution in [3.05, 3.63) is 54.4 Å². The molecule has 1 saturated heterocycles. The summed E-state index contributed by atoms with van der Waals surface area (Å²) < 4.78 is 11.4. The van der Waals surface area contributed by atoms with Crippen LogP contribution in [0.2, 0.25) is 0 Å². The molecule has 3 aromatic rings. The molecule has 0 saturated carbocycles. The molecule has 0 bridgehead atoms. The Morgan fingerprint density at radius 3 is 2.61 bits per heavy atom. The van der Waals surface area contributed by atoms with Gasteiger partial charge in [-0.3, -0.25) is 4.90 Å². The van der Waals surface area contributed by atoms with Gasteiger partial charge in [0.25, 0.3) is 0 Å². The number of methoxy groups -OCH3 is 1. The highest BCUT2D eigenvalue weighted by Crippen LogP contribution is 2.35. The van der Waals surface area contributed by atoms with Crippen LogP contribution in [0.25, 0.3) is 11.1 Å². The third-order valence-corrected chi connectivity index (χ3v) is 5.73. The number of ether oxygens (including phenoxy) is 2. The van der Waals surface area contributed by atoms with Crippen LogP contribution in [0.5, 0.6) is 11.5 Å². The summed E-state index contributed by atoms with van der Waals surface area (Å²) in [5, 5.41) is 0. The van der Waals surface area contributed by atoms with Crippen LogP contribution in [0, 0.1) is 0 Å². The Balaban J connectivity index is 1.54. The maximum Gasteiger partial charge on any atom is 0.225 e. The van der Waals surface area contributed by atoms with Crippen LogP contribution in [0.3, 0.4) is 0 Å². The van der Waals surface area contributed by atoms with Gasteiger partial charge in [0.05, 0.1) is 18.9 Å². The molecular formula is C25H32N6O2. The van der Waals surface area contributed by atoms with Crippen molar-refractivity contribution in [3.63, 3.8) is 0 Å². The average molecular weight is 449 g/mol. The molecular weight excluding hydrogens is 416 g/mol. The molecule has 1 aromatic carbocycles. The third kappa shape index (κ3) is 5.39. The Morgan fingerprint density at radius 2 is 1.91 bits per heavy atom. The summed E-state index contributed by atoms with van der Waals surface area (Å²) in [6.07, 6.45) is 8.23. The molecule has 0 amide bonds. The molecule has 0 N–H and O–H groups in total. The van der Waals surface area contributed by atoms with Gasteiger partial charge in [0.15, 0.2) is 11.5 Å². The molecule has 4 rings (SSSR count). The van der Waals surface area contributed by atoms with Crippen LogP contribution in [0.15, 0.2) is 43.1 Å². The smallest absolute Gasteiger partial charge is 0.225 e. The average Bonchev–Trinajstić information content (AvgIpc) is 3.28. The number of aromatic nitrogens is 4. The molecule has 1 fully saturated rings. The molecule has 1 atom stereocenters. The van der Waals surface area contributed by atoms with E-state index in [1.165, 1.54) is 5.56 Å². The van der Waals surface area contributed by atoms with E-state index in [9.17, 15) is 0 Å². The number of rotatable bonds is 8. The number of hydrogen-bond acceptors (Lipinski definition) is 8. The van der Waals surface area contributed by atoms with Crippen molar-refractivity contribution in [2.75, 3.05) is 39.2 Å². The Morgan fingerprint density at radius 1 is 1.12 bits per heavy atom. The van der Waals surface area contributed by atoms with E-state index in [0.29, 0.717) is 5.92 Å². The molecule has 1 aliphatic rings. The van der Waals surface area contributed by atoms with Crippen molar-refractivity contribution in [1.29, 1.82) is 0 Å². The minimum Gasteiger partial charge on any atom is -0.493 e. The van der Waals surface area contributed by atoms with Gasteiger partial charge in [0.2, 0.25) is 5.95 Å². The predicted octanol–water partition coefficient (Wildman–Crippen LogP) is 3.78. The largest absolute Gasteiger partial charge is 0.493 e. The molecule has 2 aromatic heterocycles. The van der Waals surface area contributed by atoms with Crippen LogP contribution < -0.4 is 14.4 Å². The SMILES string of the molecule is COc1cc(CN2CC[C@H](c3nc(N(C)C)ncc3-c3cncnc3)C2)ccc1OC(C)C. The normalized spacial score (nSPS) is 16.2. The Bertz CT molecular complexity index is 1070. The van der Waals surface area contributed by atoms with E-state index in [4.69, 9.17) is 14.5 Å². The highest BCUT2D eigenvalue weighted by atomic mass is 16.5. The zero-order valence-electron chi connectivity index (χ0n) is 20.0. The highest BCUT2D eigenvalue weighted by molar-refractivity contribution is 5.65. The van der Waals surface area contributed by atoms with Gasteiger partial charge in [-0.1, -0.05) is 6.07 Å². The first kappa shape index (κ1) is 22.9. The predicted molar refractivity (Wildman–Crippen MR) is 129 cm³/mol. The maximum atomic E-state index is 5.85. The van der Waals surface area contributed by atoms with Gasteiger partial charge in [-0.05, 0) is 44.5 Å². The standard InChI is InChI=1S/C25H32N6O2/c1-17(2)33-22-7-6-18(10-23(22)32-5)14-31-9-8-19(15-31)24-21(20-11-26-16-27-12-20)13-28-25(29-24)30(3)4/h6-7,10-13,16-17,19H,8-9,14-15H2,1-5H3/t19-/m0/s1. The second kappa shape index (κ2) is 10.1. The van der Waals surface area contributed by atoms with Gasteiger partial charge in [0, 0.05) is 62.8 Å². The minimum absolute atomic E-state index is 0.105. The van der Waals surface area contributed by atoms with Gasteiger partial charge in [-0.2, -0.15) is 0 Å². The van der Waals surface area contributed by atoms with Gasteiger partial charge in [-0.25, -0.2) is 19.9 Å². The fourth-order valence-electron chi connectivity index (χ4n) is 4.19. The first-order chi connectivity index (χ1) is 15.9. The summed E-state index contributed by atoms with van der Waals surface area (Å²) in [7, 11) is 5.61. The van der Waals surface area contributed by atoms with Gasteiger partial charge in [0.1, 0.15) is 6.33 Å². The lowest BCUT2D eigenvalue weighted by Crippen LogP contribution is -2.21. The van der Waals surface area contributed by atoms with E-state index in [1.807, 2.05) is 57.5 Å². The molecule has 0 aliphatic carbocycles. The molecule has 0 spiro atoms. The van der Waals surface area contributed by atoms with Crippen molar-refractivity contribution in [2.24, 2.45) is 0 Å². The zero-order valence-corrected chi connectivity index (χ0v) is 20.0. The number of benzene rings is 1. The summed E-state index contributed by atoms with van der Waals surface area (Å²) in [6, 6.07) is 6.20. The fraction of sp³-hybridized carbons (Fsp3) is 0.440. The Labute approximate surface area is 195 Å². The van der Waals surface area contributed by atoms with Crippen molar-refractivity contribution < 1.29 is 9.47 Å². The van der Waals surface area contributed by atoms with Crippen molar-refractivity contribution in [1.82, 2.24) is 24.8 Å². The van der Waals surface area contributed by atoms with Gasteiger partial charge < -0.3 is 14.4 Å². The van der Waals surface area contributed by atoms with E-state index in [-0.39, 0.29) is 6.10 Å². The van der Waals surface area contributed by atoms with E-state index in [2.05, 4.69) is 32.0 Å². The Hall–Kier alpha value is -3.26. The number of nitrogens with zero attached hydrogens (tertiary/aromatic N) is 6. The van der Waals surface area contributed by atoms with Crippen LogP contribution in [-0.2, 0) is 6.54 Å². The van der Waals surface area contributed by atoms with Crippen LogP contribution in [0.4, 0.5) is 5.95 Å². The number of hydrogen-bond donors (Lipinski definition) is 0. The topological polar surface area (TPSA) is 76.5 Å². The third-order valence-electron chi connectivity index (χ3n) is 5.73. The molecule has 8 heteroatoms. The van der Waals surface area contributed by atoms with Gasteiger partial charge >= 0.3 is 0 Å². The minimum atomic E-state index is 0.105. The molecule has 174 valence electrons. The Kier molecular flexibility index (Phi) is 7.03. The van der Waals surface area contributed by atoms with Crippen LogP contribution >= 0.6 is 0 Å². The summed E-state index contributed by atoms with van der Waals surface area (Å²) in [5.41, 5.74) is 4.22. The molecule has 33 heavy (non-hydrogen) atoms. The second-order valence-electron chi connectivity index (χ2n) is 8.86. The molecule has 1 aliphatic heterocycles. The van der Waals surface area contributed by atoms with E-state index >= 15 is 0 Å².